The Bertz CT molecular complexity index is 921. The highest BCUT2D eigenvalue weighted by molar-refractivity contribution is 5.80. The van der Waals surface area contributed by atoms with Crippen LogP contribution in [0.5, 0.6) is 0 Å². The Hall–Kier alpha value is -3.61. The molecule has 0 spiro atoms. The highest BCUT2D eigenvalue weighted by atomic mass is 16.6. The molecule has 0 aliphatic rings. The molecular formula is C28H37NO6. The minimum atomic E-state index is -1.18. The number of carbonyl (C=O) groups is 3. The zero-order chi connectivity index (χ0) is 26.3. The molecule has 0 fully saturated rings. The van der Waals surface area contributed by atoms with Gasteiger partial charge in [0.1, 0.15) is 12.2 Å². The smallest absolute Gasteiger partial charge is 0.410 e. The van der Waals surface area contributed by atoms with Crippen molar-refractivity contribution in [2.24, 2.45) is 5.92 Å². The molecule has 0 aromatic heterocycles. The van der Waals surface area contributed by atoms with Gasteiger partial charge in [0, 0.05) is 13.1 Å². The summed E-state index contributed by atoms with van der Waals surface area (Å²) in [6.45, 7) is 10.7. The molecule has 0 heterocycles. The van der Waals surface area contributed by atoms with Crippen LogP contribution in [0.25, 0.3) is 0 Å². The Labute approximate surface area is 208 Å². The van der Waals surface area contributed by atoms with Crippen LogP contribution in [-0.2, 0) is 32.2 Å². The van der Waals surface area contributed by atoms with Gasteiger partial charge < -0.3 is 19.5 Å². The van der Waals surface area contributed by atoms with Gasteiger partial charge >= 0.3 is 18.0 Å². The summed E-state index contributed by atoms with van der Waals surface area (Å²) in [5.41, 5.74) is 0.915. The predicted octanol–water partition coefficient (Wildman–Crippen LogP) is 5.84. The van der Waals surface area contributed by atoms with Gasteiger partial charge in [-0.25, -0.2) is 4.79 Å². The second-order valence-corrected chi connectivity index (χ2v) is 8.93. The van der Waals surface area contributed by atoms with Crippen LogP contribution in [0.15, 0.2) is 73.3 Å². The molecule has 1 atom stereocenters. The molecule has 190 valence electrons. The van der Waals surface area contributed by atoms with E-state index in [1.165, 1.54) is 4.90 Å². The molecule has 0 saturated heterocycles. The van der Waals surface area contributed by atoms with Gasteiger partial charge in [0.25, 0.3) is 0 Å². The van der Waals surface area contributed by atoms with Gasteiger partial charge in [0.15, 0.2) is 0 Å². The third kappa shape index (κ3) is 13.0. The van der Waals surface area contributed by atoms with Crippen molar-refractivity contribution in [3.8, 4) is 0 Å². The van der Waals surface area contributed by atoms with Crippen molar-refractivity contribution in [1.82, 2.24) is 4.90 Å². The van der Waals surface area contributed by atoms with Crippen molar-refractivity contribution in [1.29, 1.82) is 0 Å². The normalized spacial score (nSPS) is 11.3. The monoisotopic (exact) mass is 483 g/mol. The Morgan fingerprint density at radius 1 is 1.00 bits per heavy atom. The van der Waals surface area contributed by atoms with E-state index in [0.717, 1.165) is 17.5 Å². The van der Waals surface area contributed by atoms with E-state index in [2.05, 4.69) is 13.5 Å². The molecule has 2 rings (SSSR count). The average molecular weight is 484 g/mol. The van der Waals surface area contributed by atoms with Gasteiger partial charge in [0.2, 0.25) is 0 Å². The first kappa shape index (κ1) is 29.4. The van der Waals surface area contributed by atoms with Crippen molar-refractivity contribution >= 4 is 18.0 Å². The third-order valence-electron chi connectivity index (χ3n) is 4.59. The number of benzene rings is 2. The number of aliphatic carboxylic acids is 1. The third-order valence-corrected chi connectivity index (χ3v) is 4.59. The number of ether oxygens (including phenoxy) is 2. The maximum Gasteiger partial charge on any atom is 0.410 e. The molecule has 1 amide bonds. The summed E-state index contributed by atoms with van der Waals surface area (Å²) in [6, 6.07) is 18.4. The number of hydrogen-bond acceptors (Lipinski definition) is 5. The van der Waals surface area contributed by atoms with E-state index < -0.39 is 29.6 Å². The lowest BCUT2D eigenvalue weighted by Gasteiger charge is -2.26. The lowest BCUT2D eigenvalue weighted by atomic mass is 10.0. The number of nitrogens with zero attached hydrogens (tertiary/aromatic N) is 1. The fourth-order valence-corrected chi connectivity index (χ4v) is 2.90. The predicted molar refractivity (Wildman–Crippen MR) is 136 cm³/mol. The van der Waals surface area contributed by atoms with E-state index in [1.54, 1.807) is 20.8 Å². The first-order valence-electron chi connectivity index (χ1n) is 11.6. The van der Waals surface area contributed by atoms with Crippen LogP contribution >= 0.6 is 0 Å². The zero-order valence-corrected chi connectivity index (χ0v) is 21.1. The molecule has 2 aromatic carbocycles. The Morgan fingerprint density at radius 3 is 1.97 bits per heavy atom. The lowest BCUT2D eigenvalue weighted by molar-refractivity contribution is -0.160. The first-order valence-corrected chi connectivity index (χ1v) is 11.6. The fourth-order valence-electron chi connectivity index (χ4n) is 2.90. The van der Waals surface area contributed by atoms with Crippen molar-refractivity contribution in [2.45, 2.75) is 59.3 Å². The van der Waals surface area contributed by atoms with Crippen LogP contribution in [0.2, 0.25) is 0 Å². The maximum absolute atomic E-state index is 12.8. The first-order chi connectivity index (χ1) is 16.6. The molecular weight excluding hydrogens is 446 g/mol. The van der Waals surface area contributed by atoms with Crippen molar-refractivity contribution in [3.05, 3.63) is 84.4 Å². The maximum atomic E-state index is 12.8. The molecule has 35 heavy (non-hydrogen) atoms. The Kier molecular flexibility index (Phi) is 12.9. The summed E-state index contributed by atoms with van der Waals surface area (Å²) in [5, 5.41) is 9.64. The molecule has 0 radical (unpaired) electrons. The molecule has 1 N–H and O–H groups in total. The number of carboxylic acid groups (broad SMARTS) is 1. The van der Waals surface area contributed by atoms with Gasteiger partial charge in [-0.2, -0.15) is 0 Å². The number of rotatable bonds is 10. The van der Waals surface area contributed by atoms with E-state index in [1.807, 2.05) is 66.7 Å². The van der Waals surface area contributed by atoms with Crippen LogP contribution in [0.1, 0.15) is 51.7 Å². The van der Waals surface area contributed by atoms with Crippen molar-refractivity contribution in [2.75, 3.05) is 6.54 Å². The number of esters is 1. The summed E-state index contributed by atoms with van der Waals surface area (Å²) in [5.74, 6) is -2.93. The minimum Gasteiger partial charge on any atom is -0.481 e. The molecule has 0 aliphatic carbocycles. The number of allylic oxidation sites excluding steroid dienone is 1. The van der Waals surface area contributed by atoms with Gasteiger partial charge in [-0.15, -0.1) is 6.58 Å². The van der Waals surface area contributed by atoms with E-state index in [4.69, 9.17) is 9.47 Å². The zero-order valence-electron chi connectivity index (χ0n) is 21.1. The topological polar surface area (TPSA) is 93.1 Å². The molecule has 0 aliphatic heterocycles. The second-order valence-electron chi connectivity index (χ2n) is 8.93. The molecule has 7 nitrogen and oxygen atoms in total. The van der Waals surface area contributed by atoms with Gasteiger partial charge in [-0.1, -0.05) is 73.7 Å². The highest BCUT2D eigenvalue weighted by Crippen LogP contribution is 2.16. The van der Waals surface area contributed by atoms with Crippen LogP contribution < -0.4 is 0 Å². The van der Waals surface area contributed by atoms with Gasteiger partial charge in [0.05, 0.1) is 12.3 Å². The SMILES string of the molecule is C=CCC.CC(C)(C)OC(=O)CC(CN(Cc1ccccc1)C(=O)OCc1ccccc1)C(=O)O. The fraction of sp³-hybridized carbons (Fsp3) is 0.393. The van der Waals surface area contributed by atoms with E-state index in [-0.39, 0.29) is 26.1 Å². The highest BCUT2D eigenvalue weighted by Gasteiger charge is 2.29. The largest absolute Gasteiger partial charge is 0.481 e. The lowest BCUT2D eigenvalue weighted by Crippen LogP contribution is -2.39. The minimum absolute atomic E-state index is 0.0643. The van der Waals surface area contributed by atoms with E-state index >= 15 is 0 Å². The second kappa shape index (κ2) is 15.3. The number of carboxylic acids is 1. The Morgan fingerprint density at radius 2 is 1.51 bits per heavy atom. The average Bonchev–Trinajstić information content (AvgIpc) is 2.81. The number of hydrogen-bond donors (Lipinski definition) is 1. The molecule has 1 unspecified atom stereocenters. The van der Waals surface area contributed by atoms with E-state index in [0.29, 0.717) is 0 Å². The number of amides is 1. The summed E-state index contributed by atoms with van der Waals surface area (Å²) in [4.78, 5) is 38.1. The summed E-state index contributed by atoms with van der Waals surface area (Å²) in [7, 11) is 0. The summed E-state index contributed by atoms with van der Waals surface area (Å²) >= 11 is 0. The van der Waals surface area contributed by atoms with E-state index in [9.17, 15) is 19.5 Å². The van der Waals surface area contributed by atoms with Crippen LogP contribution in [-0.4, -0.2) is 40.2 Å². The Balaban J connectivity index is 0.00000142. The van der Waals surface area contributed by atoms with Crippen LogP contribution in [0.4, 0.5) is 4.79 Å². The quantitative estimate of drug-likeness (QED) is 0.337. The number of carbonyl (C=O) groups excluding carboxylic acids is 2. The molecule has 2 aromatic rings. The molecule has 7 heteroatoms. The molecule has 0 bridgehead atoms. The molecule has 0 saturated carbocycles. The van der Waals surface area contributed by atoms with Crippen LogP contribution in [0.3, 0.4) is 0 Å². The van der Waals surface area contributed by atoms with Gasteiger partial charge in [-0.05, 0) is 38.3 Å². The standard InChI is InChI=1S/C24H29NO6.C4H8/c1-24(2,3)31-21(26)14-20(22(27)28)16-25(15-18-10-6-4-7-11-18)23(29)30-17-19-12-8-5-9-13-19;1-3-4-2/h4-13,20H,14-17H2,1-3H3,(H,27,28);3H,1,4H2,2H3. The van der Waals surface area contributed by atoms with Gasteiger partial charge in [-0.3, -0.25) is 9.59 Å². The van der Waals surface area contributed by atoms with Crippen LogP contribution in [0, 0.1) is 5.92 Å². The van der Waals surface area contributed by atoms with Crippen molar-refractivity contribution < 1.29 is 29.0 Å². The summed E-state index contributed by atoms with van der Waals surface area (Å²) in [6.07, 6.45) is 1.97. The summed E-state index contributed by atoms with van der Waals surface area (Å²) < 4.78 is 10.7. The van der Waals surface area contributed by atoms with Crippen molar-refractivity contribution in [3.63, 3.8) is 0 Å².